The average molecular weight is 236 g/mol. The molecule has 0 saturated carbocycles. The highest BCUT2D eigenvalue weighted by Gasteiger charge is 2.20. The summed E-state index contributed by atoms with van der Waals surface area (Å²) < 4.78 is 5.21. The third kappa shape index (κ3) is 2.88. The molecule has 1 atom stereocenters. The third-order valence-electron chi connectivity index (χ3n) is 3.41. The second kappa shape index (κ2) is 5.36. The van der Waals surface area contributed by atoms with Crippen molar-refractivity contribution in [2.45, 2.75) is 32.7 Å². The van der Waals surface area contributed by atoms with Gasteiger partial charge in [-0.2, -0.15) is 0 Å². The SMILES string of the molecule is CC1CCCN(C(=O)c2coc(CN)c2)CC1. The standard InChI is InChI=1S/C13H20N2O2/c1-10-3-2-5-15(6-4-10)13(16)11-7-12(8-14)17-9-11/h7,9-10H,2-6,8,14H2,1H3. The minimum atomic E-state index is 0.0718. The first kappa shape index (κ1) is 12.2. The van der Waals surface area contributed by atoms with Gasteiger partial charge in [0.15, 0.2) is 0 Å². The summed E-state index contributed by atoms with van der Waals surface area (Å²) in [6.07, 6.45) is 4.91. The van der Waals surface area contributed by atoms with E-state index in [4.69, 9.17) is 10.2 Å². The molecule has 4 heteroatoms. The van der Waals surface area contributed by atoms with E-state index >= 15 is 0 Å². The second-order valence-electron chi connectivity index (χ2n) is 4.83. The number of hydrogen-bond acceptors (Lipinski definition) is 3. The van der Waals surface area contributed by atoms with Crippen LogP contribution >= 0.6 is 0 Å². The van der Waals surface area contributed by atoms with E-state index in [0.717, 1.165) is 31.8 Å². The molecule has 0 bridgehead atoms. The van der Waals surface area contributed by atoms with Crippen molar-refractivity contribution in [2.24, 2.45) is 11.7 Å². The first-order valence-electron chi connectivity index (χ1n) is 6.27. The predicted molar refractivity (Wildman–Crippen MR) is 65.5 cm³/mol. The molecule has 0 radical (unpaired) electrons. The van der Waals surface area contributed by atoms with Crippen molar-refractivity contribution in [3.05, 3.63) is 23.7 Å². The maximum atomic E-state index is 12.2. The van der Waals surface area contributed by atoms with Crippen molar-refractivity contribution in [2.75, 3.05) is 13.1 Å². The molecule has 1 saturated heterocycles. The van der Waals surface area contributed by atoms with Gasteiger partial charge < -0.3 is 15.1 Å². The molecule has 0 aliphatic carbocycles. The number of likely N-dealkylation sites (tertiary alicyclic amines) is 1. The monoisotopic (exact) mass is 236 g/mol. The Kier molecular flexibility index (Phi) is 3.84. The molecule has 2 rings (SSSR count). The predicted octanol–water partition coefficient (Wildman–Crippen LogP) is 2.00. The van der Waals surface area contributed by atoms with Crippen LogP contribution in [0.25, 0.3) is 0 Å². The van der Waals surface area contributed by atoms with Gasteiger partial charge in [-0.05, 0) is 31.2 Å². The number of nitrogens with zero attached hydrogens (tertiary/aromatic N) is 1. The van der Waals surface area contributed by atoms with Gasteiger partial charge >= 0.3 is 0 Å². The third-order valence-corrected chi connectivity index (χ3v) is 3.41. The molecular weight excluding hydrogens is 216 g/mol. The Bertz CT molecular complexity index is 387. The fourth-order valence-corrected chi connectivity index (χ4v) is 2.25. The maximum Gasteiger partial charge on any atom is 0.257 e. The lowest BCUT2D eigenvalue weighted by atomic mass is 10.0. The topological polar surface area (TPSA) is 59.5 Å². The Hall–Kier alpha value is -1.29. The van der Waals surface area contributed by atoms with E-state index in [1.807, 2.05) is 4.90 Å². The van der Waals surface area contributed by atoms with Gasteiger partial charge in [0.1, 0.15) is 12.0 Å². The lowest BCUT2D eigenvalue weighted by Crippen LogP contribution is -2.31. The summed E-state index contributed by atoms with van der Waals surface area (Å²) in [5.74, 6) is 1.45. The van der Waals surface area contributed by atoms with Crippen molar-refractivity contribution in [3.8, 4) is 0 Å². The van der Waals surface area contributed by atoms with Gasteiger partial charge in [0, 0.05) is 13.1 Å². The molecule has 0 aromatic carbocycles. The highest BCUT2D eigenvalue weighted by Crippen LogP contribution is 2.19. The van der Waals surface area contributed by atoms with Crippen molar-refractivity contribution in [1.29, 1.82) is 0 Å². The molecular formula is C13H20N2O2. The van der Waals surface area contributed by atoms with Crippen LogP contribution in [0.15, 0.2) is 16.7 Å². The van der Waals surface area contributed by atoms with Gasteiger partial charge in [-0.1, -0.05) is 6.92 Å². The Morgan fingerprint density at radius 2 is 2.35 bits per heavy atom. The molecule has 0 spiro atoms. The van der Waals surface area contributed by atoms with E-state index in [9.17, 15) is 4.79 Å². The Morgan fingerprint density at radius 3 is 3.06 bits per heavy atom. The van der Waals surface area contributed by atoms with Gasteiger partial charge in [-0.25, -0.2) is 0 Å². The van der Waals surface area contributed by atoms with Crippen molar-refractivity contribution < 1.29 is 9.21 Å². The molecule has 1 aliphatic heterocycles. The second-order valence-corrected chi connectivity index (χ2v) is 4.83. The van der Waals surface area contributed by atoms with E-state index in [1.165, 1.54) is 12.7 Å². The summed E-state index contributed by atoms with van der Waals surface area (Å²) in [5.41, 5.74) is 6.09. The molecule has 17 heavy (non-hydrogen) atoms. The van der Waals surface area contributed by atoms with Crippen molar-refractivity contribution >= 4 is 5.91 Å². The van der Waals surface area contributed by atoms with E-state index in [-0.39, 0.29) is 5.91 Å². The Balaban J connectivity index is 2.03. The molecule has 1 aliphatic rings. The molecule has 4 nitrogen and oxygen atoms in total. The molecule has 1 fully saturated rings. The molecule has 1 unspecified atom stereocenters. The van der Waals surface area contributed by atoms with Gasteiger partial charge in [-0.3, -0.25) is 4.79 Å². The van der Waals surface area contributed by atoms with E-state index in [1.54, 1.807) is 6.07 Å². The van der Waals surface area contributed by atoms with Gasteiger partial charge in [0.05, 0.1) is 12.1 Å². The molecule has 1 aromatic heterocycles. The normalized spacial score (nSPS) is 21.3. The molecule has 2 heterocycles. The highest BCUT2D eigenvalue weighted by atomic mass is 16.3. The number of carbonyl (C=O) groups is 1. The summed E-state index contributed by atoms with van der Waals surface area (Å²) in [4.78, 5) is 14.1. The summed E-state index contributed by atoms with van der Waals surface area (Å²) in [6.45, 7) is 4.29. The molecule has 2 N–H and O–H groups in total. The number of furan rings is 1. The van der Waals surface area contributed by atoms with Crippen molar-refractivity contribution in [1.82, 2.24) is 4.90 Å². The summed E-state index contributed by atoms with van der Waals surface area (Å²) in [5, 5.41) is 0. The molecule has 1 amide bonds. The lowest BCUT2D eigenvalue weighted by molar-refractivity contribution is 0.0759. The summed E-state index contributed by atoms with van der Waals surface area (Å²) in [7, 11) is 0. The van der Waals surface area contributed by atoms with Gasteiger partial charge in [0.2, 0.25) is 0 Å². The number of hydrogen-bond donors (Lipinski definition) is 1. The van der Waals surface area contributed by atoms with Crippen LogP contribution in [0.1, 0.15) is 42.3 Å². The summed E-state index contributed by atoms with van der Waals surface area (Å²) >= 11 is 0. The quantitative estimate of drug-likeness (QED) is 0.854. The maximum absolute atomic E-state index is 12.2. The van der Waals surface area contributed by atoms with Crippen LogP contribution in [-0.4, -0.2) is 23.9 Å². The smallest absolute Gasteiger partial charge is 0.257 e. The van der Waals surface area contributed by atoms with Gasteiger partial charge in [-0.15, -0.1) is 0 Å². The highest BCUT2D eigenvalue weighted by molar-refractivity contribution is 5.94. The zero-order valence-electron chi connectivity index (χ0n) is 10.3. The fourth-order valence-electron chi connectivity index (χ4n) is 2.25. The number of nitrogens with two attached hydrogens (primary N) is 1. The largest absolute Gasteiger partial charge is 0.467 e. The van der Waals surface area contributed by atoms with Crippen LogP contribution in [0.2, 0.25) is 0 Å². The van der Waals surface area contributed by atoms with Crippen LogP contribution < -0.4 is 5.73 Å². The zero-order valence-corrected chi connectivity index (χ0v) is 10.3. The van der Waals surface area contributed by atoms with Crippen LogP contribution in [0.4, 0.5) is 0 Å². The fraction of sp³-hybridized carbons (Fsp3) is 0.615. The number of rotatable bonds is 2. The Labute approximate surface area is 102 Å². The zero-order chi connectivity index (χ0) is 12.3. The lowest BCUT2D eigenvalue weighted by Gasteiger charge is -2.19. The minimum Gasteiger partial charge on any atom is -0.467 e. The summed E-state index contributed by atoms with van der Waals surface area (Å²) in [6, 6.07) is 1.75. The van der Waals surface area contributed by atoms with Crippen LogP contribution in [-0.2, 0) is 6.54 Å². The molecule has 94 valence electrons. The van der Waals surface area contributed by atoms with E-state index in [2.05, 4.69) is 6.92 Å². The number of amides is 1. The van der Waals surface area contributed by atoms with Crippen molar-refractivity contribution in [3.63, 3.8) is 0 Å². The van der Waals surface area contributed by atoms with Crippen LogP contribution in [0.3, 0.4) is 0 Å². The van der Waals surface area contributed by atoms with E-state index < -0.39 is 0 Å². The van der Waals surface area contributed by atoms with E-state index in [0.29, 0.717) is 17.9 Å². The first-order valence-corrected chi connectivity index (χ1v) is 6.27. The molecule has 1 aromatic rings. The van der Waals surface area contributed by atoms with Gasteiger partial charge in [0.25, 0.3) is 5.91 Å². The average Bonchev–Trinajstić information content (AvgIpc) is 2.71. The first-order chi connectivity index (χ1) is 8.20. The Morgan fingerprint density at radius 1 is 1.53 bits per heavy atom. The van der Waals surface area contributed by atoms with Crippen LogP contribution in [0, 0.1) is 5.92 Å². The van der Waals surface area contributed by atoms with Crippen LogP contribution in [0.5, 0.6) is 0 Å². The number of carbonyl (C=O) groups excluding carboxylic acids is 1. The minimum absolute atomic E-state index is 0.0718.